The average molecular weight is 279 g/mol. The van der Waals surface area contributed by atoms with E-state index in [1.54, 1.807) is 0 Å². The van der Waals surface area contributed by atoms with Gasteiger partial charge >= 0.3 is 0 Å². The Bertz CT molecular complexity index is 582. The van der Waals surface area contributed by atoms with E-state index in [0.29, 0.717) is 0 Å². The van der Waals surface area contributed by atoms with Crippen LogP contribution in [0.15, 0.2) is 24.3 Å². The highest BCUT2D eigenvalue weighted by atomic mass is 14.3. The highest BCUT2D eigenvalue weighted by molar-refractivity contribution is 5.48. The van der Waals surface area contributed by atoms with Gasteiger partial charge in [-0.3, -0.25) is 0 Å². The Morgan fingerprint density at radius 2 is 1.05 bits per heavy atom. The molecule has 2 rings (SSSR count). The minimum atomic E-state index is -0.00583. The maximum absolute atomic E-state index is 4.20. The van der Waals surface area contributed by atoms with Crippen LogP contribution < -0.4 is 0 Å². The Morgan fingerprint density at radius 3 is 1.48 bits per heavy atom. The topological polar surface area (TPSA) is 0 Å². The molecule has 21 heavy (non-hydrogen) atoms. The van der Waals surface area contributed by atoms with Crippen molar-refractivity contribution in [2.75, 3.05) is 0 Å². The van der Waals surface area contributed by atoms with E-state index in [9.17, 15) is 0 Å². The first kappa shape index (κ1) is 15.7. The number of hydrogen-bond acceptors (Lipinski definition) is 0. The first-order chi connectivity index (χ1) is 9.64. The van der Waals surface area contributed by atoms with Crippen LogP contribution in [0.25, 0.3) is 0 Å². The van der Waals surface area contributed by atoms with Crippen molar-refractivity contribution in [2.24, 2.45) is 0 Å². The predicted molar refractivity (Wildman–Crippen MR) is 93.2 cm³/mol. The third-order valence-electron chi connectivity index (χ3n) is 5.15. The van der Waals surface area contributed by atoms with Crippen molar-refractivity contribution in [3.63, 3.8) is 0 Å². The van der Waals surface area contributed by atoms with E-state index in [4.69, 9.17) is 0 Å². The molecule has 0 aliphatic carbocycles. The van der Waals surface area contributed by atoms with Gasteiger partial charge in [-0.15, -0.1) is 11.1 Å². The third-order valence-corrected chi connectivity index (χ3v) is 5.15. The van der Waals surface area contributed by atoms with Crippen LogP contribution in [0.1, 0.15) is 58.4 Å². The van der Waals surface area contributed by atoms with Crippen LogP contribution in [0.3, 0.4) is 0 Å². The molecule has 2 aromatic rings. The van der Waals surface area contributed by atoms with E-state index in [-0.39, 0.29) is 5.41 Å². The molecular formula is C21H27-. The van der Waals surface area contributed by atoms with Crippen molar-refractivity contribution in [3.05, 3.63) is 75.7 Å². The van der Waals surface area contributed by atoms with E-state index in [2.05, 4.69) is 79.7 Å². The van der Waals surface area contributed by atoms with Gasteiger partial charge in [0.15, 0.2) is 0 Å². The summed E-state index contributed by atoms with van der Waals surface area (Å²) < 4.78 is 0. The molecule has 112 valence electrons. The smallest absolute Gasteiger partial charge is 0.00336 e. The van der Waals surface area contributed by atoms with Crippen molar-refractivity contribution >= 4 is 0 Å². The molecule has 0 N–H and O–H groups in total. The van der Waals surface area contributed by atoms with E-state index in [1.807, 2.05) is 0 Å². The van der Waals surface area contributed by atoms with E-state index in [1.165, 1.54) is 38.9 Å². The summed E-state index contributed by atoms with van der Waals surface area (Å²) in [5, 5.41) is 0. The molecule has 0 atom stereocenters. The molecule has 0 aliphatic rings. The summed E-state index contributed by atoms with van der Waals surface area (Å²) in [6.07, 6.45) is 0. The maximum atomic E-state index is 4.20. The summed E-state index contributed by atoms with van der Waals surface area (Å²) in [6, 6.07) is 9.22. The zero-order chi connectivity index (χ0) is 15.9. The van der Waals surface area contributed by atoms with Crippen molar-refractivity contribution in [1.29, 1.82) is 0 Å². The van der Waals surface area contributed by atoms with Gasteiger partial charge in [0.2, 0.25) is 0 Å². The number of hydrogen-bond donors (Lipinski definition) is 0. The molecule has 0 saturated heterocycles. The van der Waals surface area contributed by atoms with Gasteiger partial charge < -0.3 is 0 Å². The van der Waals surface area contributed by atoms with Crippen LogP contribution >= 0.6 is 0 Å². The fourth-order valence-corrected chi connectivity index (χ4v) is 2.86. The Balaban J connectivity index is 2.61. The standard InChI is InChI=1S/C21H27/c1-13-9-19(10-14(2)17(13)5)21(7,8)20-11-15(3)18(6)16(4)12-20/h9-12H,1H2,2-8H3/q-1. The van der Waals surface area contributed by atoms with Crippen molar-refractivity contribution in [2.45, 2.75) is 53.9 Å². The molecule has 0 nitrogen and oxygen atoms in total. The molecule has 0 amide bonds. The lowest BCUT2D eigenvalue weighted by Gasteiger charge is -2.31. The summed E-state index contributed by atoms with van der Waals surface area (Å²) in [5.41, 5.74) is 10.6. The van der Waals surface area contributed by atoms with Crippen LogP contribution in [0.4, 0.5) is 0 Å². The fourth-order valence-electron chi connectivity index (χ4n) is 2.86. The van der Waals surface area contributed by atoms with Gasteiger partial charge in [-0.2, -0.15) is 18.6 Å². The van der Waals surface area contributed by atoms with Gasteiger partial charge in [0.1, 0.15) is 0 Å². The lowest BCUT2D eigenvalue weighted by Crippen LogP contribution is -2.20. The maximum Gasteiger partial charge on any atom is 0.00336 e. The molecule has 0 spiro atoms. The lowest BCUT2D eigenvalue weighted by molar-refractivity contribution is 0.638. The van der Waals surface area contributed by atoms with Crippen molar-refractivity contribution in [3.8, 4) is 0 Å². The van der Waals surface area contributed by atoms with E-state index >= 15 is 0 Å². The van der Waals surface area contributed by atoms with Crippen molar-refractivity contribution < 1.29 is 0 Å². The fraction of sp³-hybridized carbons (Fsp3) is 0.381. The monoisotopic (exact) mass is 279 g/mol. The molecule has 0 bridgehead atoms. The largest absolute Gasteiger partial charge is 0.198 e. The van der Waals surface area contributed by atoms with Crippen LogP contribution in [0.5, 0.6) is 0 Å². The quantitative estimate of drug-likeness (QED) is 0.615. The average Bonchev–Trinajstić information content (AvgIpc) is 2.40. The van der Waals surface area contributed by atoms with Crippen LogP contribution in [0, 0.1) is 41.5 Å². The molecule has 0 aromatic heterocycles. The first-order valence-corrected chi connectivity index (χ1v) is 7.66. The summed E-state index contributed by atoms with van der Waals surface area (Å²) >= 11 is 0. The highest BCUT2D eigenvalue weighted by Crippen LogP contribution is 2.35. The summed E-state index contributed by atoms with van der Waals surface area (Å²) in [7, 11) is 0. The number of benzene rings is 2. The van der Waals surface area contributed by atoms with Gasteiger partial charge in [0.05, 0.1) is 0 Å². The summed E-state index contributed by atoms with van der Waals surface area (Å²) in [5.74, 6) is 0. The van der Waals surface area contributed by atoms with Gasteiger partial charge in [-0.1, -0.05) is 51.5 Å². The zero-order valence-electron chi connectivity index (χ0n) is 14.5. The summed E-state index contributed by atoms with van der Waals surface area (Å²) in [4.78, 5) is 0. The normalized spacial score (nSPS) is 11.8. The first-order valence-electron chi connectivity index (χ1n) is 7.66. The second-order valence-electron chi connectivity index (χ2n) is 6.94. The van der Waals surface area contributed by atoms with Crippen molar-refractivity contribution in [1.82, 2.24) is 0 Å². The molecule has 2 aromatic carbocycles. The van der Waals surface area contributed by atoms with Gasteiger partial charge in [0.25, 0.3) is 0 Å². The minimum absolute atomic E-state index is 0.00583. The predicted octanol–water partition coefficient (Wildman–Crippen LogP) is 5.74. The minimum Gasteiger partial charge on any atom is -0.198 e. The molecule has 0 aliphatic heterocycles. The van der Waals surface area contributed by atoms with Gasteiger partial charge in [0, 0.05) is 5.41 Å². The SMILES string of the molecule is [CH2-]c1cc(C(C)(C)c2cc(C)c(C)c(C)c2)cc(C)c1C. The number of rotatable bonds is 2. The summed E-state index contributed by atoms with van der Waals surface area (Å²) in [6.45, 7) is 19.7. The molecule has 0 heteroatoms. The Morgan fingerprint density at radius 1 is 0.667 bits per heavy atom. The van der Waals surface area contributed by atoms with Gasteiger partial charge in [-0.25, -0.2) is 0 Å². The Hall–Kier alpha value is -1.69. The molecule has 0 unspecified atom stereocenters. The third kappa shape index (κ3) is 2.72. The molecule has 0 saturated carbocycles. The molecule has 0 fully saturated rings. The second kappa shape index (κ2) is 5.26. The van der Waals surface area contributed by atoms with Crippen LogP contribution in [-0.4, -0.2) is 0 Å². The highest BCUT2D eigenvalue weighted by Gasteiger charge is 2.22. The number of aryl methyl sites for hydroxylation is 3. The van der Waals surface area contributed by atoms with E-state index in [0.717, 1.165) is 5.56 Å². The van der Waals surface area contributed by atoms with Crippen LogP contribution in [0.2, 0.25) is 0 Å². The molecule has 0 heterocycles. The zero-order valence-corrected chi connectivity index (χ0v) is 14.5. The molecular weight excluding hydrogens is 252 g/mol. The lowest BCUT2D eigenvalue weighted by atomic mass is 9.75. The Labute approximate surface area is 130 Å². The molecule has 0 radical (unpaired) electrons. The van der Waals surface area contributed by atoms with Gasteiger partial charge in [-0.05, 0) is 43.0 Å². The Kier molecular flexibility index (Phi) is 3.93. The van der Waals surface area contributed by atoms with E-state index < -0.39 is 0 Å². The van der Waals surface area contributed by atoms with Crippen LogP contribution in [-0.2, 0) is 5.41 Å². The second-order valence-corrected chi connectivity index (χ2v) is 6.94.